The van der Waals surface area contributed by atoms with Crippen molar-refractivity contribution < 1.29 is 4.92 Å². The highest BCUT2D eigenvalue weighted by molar-refractivity contribution is 6.36. The number of benzene rings is 2. The van der Waals surface area contributed by atoms with E-state index < -0.39 is 4.92 Å². The van der Waals surface area contributed by atoms with Crippen LogP contribution in [0, 0.1) is 17.0 Å². The maximum Gasteiger partial charge on any atom is 0.269 e. The van der Waals surface area contributed by atoms with E-state index in [1.807, 2.05) is 19.1 Å². The van der Waals surface area contributed by atoms with Crippen molar-refractivity contribution in [3.8, 4) is 16.9 Å². The summed E-state index contributed by atoms with van der Waals surface area (Å²) in [6, 6.07) is 13.3. The number of nitro benzene ring substituents is 1. The van der Waals surface area contributed by atoms with Crippen molar-refractivity contribution in [1.82, 2.24) is 9.78 Å². The Balaban J connectivity index is 2.12. The molecular weight excluding hydrogens is 337 g/mol. The van der Waals surface area contributed by atoms with Gasteiger partial charge in [-0.2, -0.15) is 5.10 Å². The maximum absolute atomic E-state index is 10.8. The summed E-state index contributed by atoms with van der Waals surface area (Å²) in [4.78, 5) is 10.3. The average Bonchev–Trinajstić information content (AvgIpc) is 2.89. The van der Waals surface area contributed by atoms with E-state index in [1.54, 1.807) is 28.9 Å². The molecule has 2 aromatic carbocycles. The molecule has 0 fully saturated rings. The summed E-state index contributed by atoms with van der Waals surface area (Å²) in [5, 5.41) is 16.3. The number of hydrogen-bond acceptors (Lipinski definition) is 3. The van der Waals surface area contributed by atoms with Gasteiger partial charge in [-0.25, -0.2) is 4.68 Å². The summed E-state index contributed by atoms with van der Waals surface area (Å²) in [6.45, 7) is 1.87. The van der Waals surface area contributed by atoms with Gasteiger partial charge in [-0.3, -0.25) is 10.1 Å². The summed E-state index contributed by atoms with van der Waals surface area (Å²) in [5.41, 5.74) is 3.13. The molecule has 0 unspecified atom stereocenters. The van der Waals surface area contributed by atoms with Crippen molar-refractivity contribution in [1.29, 1.82) is 0 Å². The smallest absolute Gasteiger partial charge is 0.258 e. The van der Waals surface area contributed by atoms with Crippen LogP contribution >= 0.6 is 23.2 Å². The minimum atomic E-state index is -0.435. The number of aryl methyl sites for hydroxylation is 1. The van der Waals surface area contributed by atoms with E-state index in [4.69, 9.17) is 23.2 Å². The van der Waals surface area contributed by atoms with Gasteiger partial charge in [0.05, 0.1) is 27.0 Å². The number of hydrogen-bond donors (Lipinski definition) is 0. The van der Waals surface area contributed by atoms with Gasteiger partial charge in [0.1, 0.15) is 0 Å². The molecule has 0 saturated carbocycles. The first-order valence-electron chi connectivity index (χ1n) is 6.72. The van der Waals surface area contributed by atoms with Gasteiger partial charge in [-0.05, 0) is 43.3 Å². The summed E-state index contributed by atoms with van der Waals surface area (Å²) >= 11 is 12.2. The molecule has 0 saturated heterocycles. The van der Waals surface area contributed by atoms with Crippen LogP contribution in [-0.4, -0.2) is 14.7 Å². The highest BCUT2D eigenvalue weighted by Gasteiger charge is 2.14. The Morgan fingerprint density at radius 3 is 2.39 bits per heavy atom. The molecule has 0 aliphatic rings. The molecule has 0 N–H and O–H groups in total. The molecule has 1 aromatic heterocycles. The lowest BCUT2D eigenvalue weighted by Gasteiger charge is -2.09. The largest absolute Gasteiger partial charge is 0.269 e. The highest BCUT2D eigenvalue weighted by Crippen LogP contribution is 2.32. The Kier molecular flexibility index (Phi) is 4.07. The predicted molar refractivity (Wildman–Crippen MR) is 90.4 cm³/mol. The van der Waals surface area contributed by atoms with Crippen molar-refractivity contribution in [2.45, 2.75) is 6.92 Å². The second-order valence-electron chi connectivity index (χ2n) is 4.98. The minimum absolute atomic E-state index is 0.0312. The van der Waals surface area contributed by atoms with Gasteiger partial charge < -0.3 is 0 Å². The lowest BCUT2D eigenvalue weighted by Crippen LogP contribution is -2.00. The highest BCUT2D eigenvalue weighted by atomic mass is 35.5. The molecule has 5 nitrogen and oxygen atoms in total. The van der Waals surface area contributed by atoms with Gasteiger partial charge in [-0.15, -0.1) is 0 Å². The quantitative estimate of drug-likeness (QED) is 0.491. The topological polar surface area (TPSA) is 61.0 Å². The molecule has 23 heavy (non-hydrogen) atoms. The van der Waals surface area contributed by atoms with Gasteiger partial charge in [0.25, 0.3) is 5.69 Å². The molecule has 1 heterocycles. The first kappa shape index (κ1) is 15.5. The monoisotopic (exact) mass is 347 g/mol. The maximum atomic E-state index is 10.8. The number of halogens is 2. The summed E-state index contributed by atoms with van der Waals surface area (Å²) in [7, 11) is 0. The van der Waals surface area contributed by atoms with Crippen molar-refractivity contribution in [2.75, 3.05) is 0 Å². The lowest BCUT2D eigenvalue weighted by atomic mass is 10.1. The molecule has 0 radical (unpaired) electrons. The van der Waals surface area contributed by atoms with Crippen LogP contribution in [0.1, 0.15) is 5.69 Å². The number of nitro groups is 1. The molecule has 0 amide bonds. The Hall–Kier alpha value is -2.37. The van der Waals surface area contributed by atoms with E-state index in [1.165, 1.54) is 12.1 Å². The molecular formula is C16H11Cl2N3O2. The fraction of sp³-hybridized carbons (Fsp3) is 0.0625. The second kappa shape index (κ2) is 6.02. The minimum Gasteiger partial charge on any atom is -0.258 e. The lowest BCUT2D eigenvalue weighted by molar-refractivity contribution is -0.384. The van der Waals surface area contributed by atoms with Crippen LogP contribution in [0.2, 0.25) is 10.0 Å². The molecule has 0 spiro atoms. The number of nitrogens with zero attached hydrogens (tertiary/aromatic N) is 3. The Labute approximate surface area is 142 Å². The zero-order valence-corrected chi connectivity index (χ0v) is 13.5. The van der Waals surface area contributed by atoms with Crippen molar-refractivity contribution >= 4 is 28.9 Å². The van der Waals surface area contributed by atoms with Gasteiger partial charge in [0.15, 0.2) is 0 Å². The van der Waals surface area contributed by atoms with Crippen molar-refractivity contribution in [2.24, 2.45) is 0 Å². The summed E-state index contributed by atoms with van der Waals surface area (Å²) < 4.78 is 1.70. The third-order valence-electron chi connectivity index (χ3n) is 3.34. The Morgan fingerprint density at radius 1 is 1.09 bits per heavy atom. The molecule has 0 aliphatic carbocycles. The predicted octanol–water partition coefficient (Wildman–Crippen LogP) is 5.06. The van der Waals surface area contributed by atoms with E-state index >= 15 is 0 Å². The van der Waals surface area contributed by atoms with Gasteiger partial charge >= 0.3 is 0 Å². The summed E-state index contributed by atoms with van der Waals surface area (Å²) in [5.74, 6) is 0. The van der Waals surface area contributed by atoms with Gasteiger partial charge in [0.2, 0.25) is 0 Å². The van der Waals surface area contributed by atoms with E-state index in [2.05, 4.69) is 5.10 Å². The third kappa shape index (κ3) is 3.06. The molecule has 0 bridgehead atoms. The SMILES string of the molecule is Cc1cc(-c2ccc(Cl)cc2Cl)n(-c2ccc([N+](=O)[O-])cc2)n1. The molecule has 7 heteroatoms. The molecule has 0 atom stereocenters. The number of rotatable bonds is 3. The van der Waals surface area contributed by atoms with Crippen LogP contribution in [0.5, 0.6) is 0 Å². The second-order valence-corrected chi connectivity index (χ2v) is 5.82. The molecule has 3 rings (SSSR count). The van der Waals surface area contributed by atoms with E-state index in [0.29, 0.717) is 15.7 Å². The average molecular weight is 348 g/mol. The normalized spacial score (nSPS) is 10.7. The van der Waals surface area contributed by atoms with Crippen LogP contribution in [0.25, 0.3) is 16.9 Å². The van der Waals surface area contributed by atoms with Crippen LogP contribution in [-0.2, 0) is 0 Å². The van der Waals surface area contributed by atoms with Gasteiger partial charge in [-0.1, -0.05) is 23.2 Å². The summed E-state index contributed by atoms with van der Waals surface area (Å²) in [6.07, 6.45) is 0. The van der Waals surface area contributed by atoms with Crippen molar-refractivity contribution in [3.05, 3.63) is 74.4 Å². The van der Waals surface area contributed by atoms with Crippen LogP contribution in [0.4, 0.5) is 5.69 Å². The van der Waals surface area contributed by atoms with E-state index in [0.717, 1.165) is 17.0 Å². The number of aromatic nitrogens is 2. The van der Waals surface area contributed by atoms with Crippen molar-refractivity contribution in [3.63, 3.8) is 0 Å². The first-order valence-corrected chi connectivity index (χ1v) is 7.48. The zero-order chi connectivity index (χ0) is 16.6. The van der Waals surface area contributed by atoms with E-state index in [9.17, 15) is 10.1 Å². The Bertz CT molecular complexity index is 889. The zero-order valence-electron chi connectivity index (χ0n) is 12.0. The molecule has 116 valence electrons. The molecule has 0 aliphatic heterocycles. The van der Waals surface area contributed by atoms with Gasteiger partial charge in [0, 0.05) is 22.7 Å². The third-order valence-corrected chi connectivity index (χ3v) is 3.89. The number of non-ortho nitro benzene ring substituents is 1. The first-order chi connectivity index (χ1) is 11.0. The standard InChI is InChI=1S/C16H11Cl2N3O2/c1-10-8-16(14-7-2-11(17)9-15(14)18)20(19-10)12-3-5-13(6-4-12)21(22)23/h2-9H,1H3. The Morgan fingerprint density at radius 2 is 1.78 bits per heavy atom. The fourth-order valence-electron chi connectivity index (χ4n) is 2.30. The van der Waals surface area contributed by atoms with E-state index in [-0.39, 0.29) is 5.69 Å². The molecule has 3 aromatic rings. The van der Waals surface area contributed by atoms with Crippen LogP contribution < -0.4 is 0 Å². The van der Waals surface area contributed by atoms with Crippen LogP contribution in [0.15, 0.2) is 48.5 Å². The fourth-order valence-corrected chi connectivity index (χ4v) is 2.81. The van der Waals surface area contributed by atoms with Crippen LogP contribution in [0.3, 0.4) is 0 Å².